The first-order valence-corrected chi connectivity index (χ1v) is 6.09. The normalized spacial score (nSPS) is 10.2. The van der Waals surface area contributed by atoms with Crippen LogP contribution in [-0.4, -0.2) is 5.91 Å². The number of carbonyl (C=O) groups excluding carboxylic acids is 1. The summed E-state index contributed by atoms with van der Waals surface area (Å²) in [6, 6.07) is 8.47. The van der Waals surface area contributed by atoms with E-state index in [2.05, 4.69) is 15.9 Å². The molecule has 0 atom stereocenters. The smallest absolute Gasteiger partial charge is 0.252 e. The Balaban J connectivity index is 2.43. The molecule has 2 aromatic rings. The maximum absolute atomic E-state index is 13.2. The molecule has 0 aliphatic heterocycles. The lowest BCUT2D eigenvalue weighted by Crippen LogP contribution is -2.12. The van der Waals surface area contributed by atoms with Crippen molar-refractivity contribution in [2.75, 3.05) is 5.73 Å². The Morgan fingerprint density at radius 1 is 1.16 bits per heavy atom. The largest absolute Gasteiger partial charge is 0.455 e. The highest BCUT2D eigenvalue weighted by Crippen LogP contribution is 2.32. The number of nitrogen functional groups attached to an aromatic ring is 1. The number of anilines is 1. The van der Waals surface area contributed by atoms with Crippen LogP contribution >= 0.6 is 15.9 Å². The maximum atomic E-state index is 13.2. The molecule has 2 aromatic carbocycles. The summed E-state index contributed by atoms with van der Waals surface area (Å²) in [6.07, 6.45) is 0. The molecule has 0 aromatic heterocycles. The predicted molar refractivity (Wildman–Crippen MR) is 73.5 cm³/mol. The fraction of sp³-hybridized carbons (Fsp3) is 0. The highest BCUT2D eigenvalue weighted by Gasteiger charge is 2.12. The van der Waals surface area contributed by atoms with Gasteiger partial charge in [-0.2, -0.15) is 0 Å². The van der Waals surface area contributed by atoms with Crippen LogP contribution in [0.3, 0.4) is 0 Å². The maximum Gasteiger partial charge on any atom is 0.252 e. The molecule has 1 amide bonds. The van der Waals surface area contributed by atoms with Gasteiger partial charge in [0.05, 0.1) is 10.0 Å². The Kier molecular flexibility index (Phi) is 3.71. The van der Waals surface area contributed by atoms with E-state index in [1.807, 2.05) is 0 Å². The third kappa shape index (κ3) is 3.03. The van der Waals surface area contributed by atoms with Crippen LogP contribution in [0.5, 0.6) is 11.5 Å². The van der Waals surface area contributed by atoms with Crippen molar-refractivity contribution < 1.29 is 13.9 Å². The van der Waals surface area contributed by atoms with E-state index in [1.54, 1.807) is 6.07 Å². The number of halogens is 2. The standard InChI is InChI=1S/C13H10BrFN2O2/c14-10-3-1-7(15)5-12(10)19-11-4-2-8(16)6-9(11)13(17)18/h1-6H,16H2,(H2,17,18). The quantitative estimate of drug-likeness (QED) is 0.851. The zero-order chi connectivity index (χ0) is 14.0. The number of carbonyl (C=O) groups is 1. The monoisotopic (exact) mass is 324 g/mol. The van der Waals surface area contributed by atoms with Gasteiger partial charge >= 0.3 is 0 Å². The second-order valence-corrected chi connectivity index (χ2v) is 4.65. The lowest BCUT2D eigenvalue weighted by atomic mass is 10.1. The summed E-state index contributed by atoms with van der Waals surface area (Å²) < 4.78 is 19.2. The summed E-state index contributed by atoms with van der Waals surface area (Å²) >= 11 is 3.23. The van der Waals surface area contributed by atoms with E-state index in [0.29, 0.717) is 10.2 Å². The van der Waals surface area contributed by atoms with Crippen molar-refractivity contribution in [1.29, 1.82) is 0 Å². The summed E-state index contributed by atoms with van der Waals surface area (Å²) in [5.41, 5.74) is 11.3. The first kappa shape index (κ1) is 13.4. The van der Waals surface area contributed by atoms with Crippen LogP contribution in [0.1, 0.15) is 10.4 Å². The van der Waals surface area contributed by atoms with Gasteiger partial charge < -0.3 is 16.2 Å². The molecule has 4 nitrogen and oxygen atoms in total. The molecule has 0 fully saturated rings. The first-order chi connectivity index (χ1) is 8.97. The van der Waals surface area contributed by atoms with Crippen LogP contribution in [-0.2, 0) is 0 Å². The van der Waals surface area contributed by atoms with Gasteiger partial charge in [-0.05, 0) is 46.3 Å². The van der Waals surface area contributed by atoms with Crippen molar-refractivity contribution in [2.24, 2.45) is 5.73 Å². The third-order valence-corrected chi connectivity index (χ3v) is 3.04. The number of amides is 1. The molecule has 0 spiro atoms. The second kappa shape index (κ2) is 5.27. The molecule has 0 unspecified atom stereocenters. The Morgan fingerprint density at radius 2 is 1.89 bits per heavy atom. The molecule has 19 heavy (non-hydrogen) atoms. The van der Waals surface area contributed by atoms with Gasteiger partial charge in [0, 0.05) is 11.8 Å². The number of primary amides is 1. The number of hydrogen-bond donors (Lipinski definition) is 2. The van der Waals surface area contributed by atoms with Crippen LogP contribution in [0.4, 0.5) is 10.1 Å². The van der Waals surface area contributed by atoms with Crippen molar-refractivity contribution in [1.82, 2.24) is 0 Å². The van der Waals surface area contributed by atoms with Gasteiger partial charge in [-0.25, -0.2) is 4.39 Å². The van der Waals surface area contributed by atoms with E-state index in [1.165, 1.54) is 30.3 Å². The number of hydrogen-bond acceptors (Lipinski definition) is 3. The van der Waals surface area contributed by atoms with Gasteiger partial charge in [0.2, 0.25) is 0 Å². The van der Waals surface area contributed by atoms with Crippen molar-refractivity contribution in [3.05, 3.63) is 52.3 Å². The summed E-state index contributed by atoms with van der Waals surface area (Å²) in [4.78, 5) is 11.3. The second-order valence-electron chi connectivity index (χ2n) is 3.80. The van der Waals surface area contributed by atoms with E-state index in [0.717, 1.165) is 0 Å². The highest BCUT2D eigenvalue weighted by atomic mass is 79.9. The molecule has 4 N–H and O–H groups in total. The number of benzene rings is 2. The Labute approximate surface area is 117 Å². The van der Waals surface area contributed by atoms with Crippen LogP contribution in [0, 0.1) is 5.82 Å². The molecule has 0 bridgehead atoms. The number of ether oxygens (including phenoxy) is 1. The molecule has 0 aliphatic rings. The summed E-state index contributed by atoms with van der Waals surface area (Å²) in [5.74, 6) is -0.663. The van der Waals surface area contributed by atoms with Crippen LogP contribution in [0.2, 0.25) is 0 Å². The molecule has 98 valence electrons. The molecule has 0 saturated heterocycles. The summed E-state index contributed by atoms with van der Waals surface area (Å²) in [5, 5.41) is 0. The van der Waals surface area contributed by atoms with Crippen molar-refractivity contribution in [3.63, 3.8) is 0 Å². The molecule has 2 rings (SSSR count). The van der Waals surface area contributed by atoms with Crippen molar-refractivity contribution in [3.8, 4) is 11.5 Å². The van der Waals surface area contributed by atoms with E-state index < -0.39 is 11.7 Å². The fourth-order valence-electron chi connectivity index (χ4n) is 1.50. The lowest BCUT2D eigenvalue weighted by molar-refractivity contribution is 0.0998. The highest BCUT2D eigenvalue weighted by molar-refractivity contribution is 9.10. The van der Waals surface area contributed by atoms with E-state index >= 15 is 0 Å². The zero-order valence-electron chi connectivity index (χ0n) is 9.69. The van der Waals surface area contributed by atoms with Crippen LogP contribution < -0.4 is 16.2 Å². The topological polar surface area (TPSA) is 78.3 Å². The van der Waals surface area contributed by atoms with E-state index in [9.17, 15) is 9.18 Å². The minimum atomic E-state index is -0.671. The first-order valence-electron chi connectivity index (χ1n) is 5.29. The number of nitrogens with two attached hydrogens (primary N) is 2. The Morgan fingerprint density at radius 3 is 2.58 bits per heavy atom. The molecule has 0 aliphatic carbocycles. The van der Waals surface area contributed by atoms with Crippen LogP contribution in [0.15, 0.2) is 40.9 Å². The van der Waals surface area contributed by atoms with Gasteiger partial charge in [-0.1, -0.05) is 0 Å². The minimum Gasteiger partial charge on any atom is -0.455 e. The van der Waals surface area contributed by atoms with Gasteiger partial charge in [-0.15, -0.1) is 0 Å². The van der Waals surface area contributed by atoms with Crippen molar-refractivity contribution >= 4 is 27.5 Å². The van der Waals surface area contributed by atoms with Gasteiger partial charge in [0.15, 0.2) is 0 Å². The molecular weight excluding hydrogens is 315 g/mol. The predicted octanol–water partition coefficient (Wildman–Crippen LogP) is 3.06. The average Bonchev–Trinajstić information content (AvgIpc) is 2.35. The minimum absolute atomic E-state index is 0.135. The zero-order valence-corrected chi connectivity index (χ0v) is 11.3. The summed E-state index contributed by atoms with van der Waals surface area (Å²) in [7, 11) is 0. The van der Waals surface area contributed by atoms with Crippen LogP contribution in [0.25, 0.3) is 0 Å². The molecule has 0 radical (unpaired) electrons. The van der Waals surface area contributed by atoms with Gasteiger partial charge in [0.1, 0.15) is 17.3 Å². The van der Waals surface area contributed by atoms with Gasteiger partial charge in [0.25, 0.3) is 5.91 Å². The lowest BCUT2D eigenvalue weighted by Gasteiger charge is -2.11. The average molecular weight is 325 g/mol. The third-order valence-electron chi connectivity index (χ3n) is 2.38. The fourth-order valence-corrected chi connectivity index (χ4v) is 1.83. The molecule has 0 heterocycles. The summed E-state index contributed by atoms with van der Waals surface area (Å²) in [6.45, 7) is 0. The van der Waals surface area contributed by atoms with E-state index in [-0.39, 0.29) is 17.1 Å². The molecule has 0 saturated carbocycles. The molecule has 6 heteroatoms. The van der Waals surface area contributed by atoms with Gasteiger partial charge in [-0.3, -0.25) is 4.79 Å². The Bertz CT molecular complexity index is 647. The number of rotatable bonds is 3. The Hall–Kier alpha value is -2.08. The van der Waals surface area contributed by atoms with E-state index in [4.69, 9.17) is 16.2 Å². The van der Waals surface area contributed by atoms with Crippen molar-refractivity contribution in [2.45, 2.75) is 0 Å². The SMILES string of the molecule is NC(=O)c1cc(N)ccc1Oc1cc(F)ccc1Br. The molecular formula is C13H10BrFN2O2.